The first-order valence-corrected chi connectivity index (χ1v) is 6.29. The van der Waals surface area contributed by atoms with E-state index in [2.05, 4.69) is 4.98 Å². The summed E-state index contributed by atoms with van der Waals surface area (Å²) in [5, 5.41) is 9.46. The van der Waals surface area contributed by atoms with E-state index in [9.17, 15) is 36.2 Å². The summed E-state index contributed by atoms with van der Waals surface area (Å²) >= 11 is 0. The summed E-state index contributed by atoms with van der Waals surface area (Å²) in [6, 6.07) is 2.21. The lowest BCUT2D eigenvalue weighted by atomic mass is 9.89. The van der Waals surface area contributed by atoms with Gasteiger partial charge < -0.3 is 10.1 Å². The SMILES string of the molecule is Cc1cc(=O)[nH]c2c(C)cc(C(O)(C(F)(F)F)C(F)(F)F)cc12. The van der Waals surface area contributed by atoms with Gasteiger partial charge in [-0.2, -0.15) is 26.3 Å². The number of benzene rings is 1. The molecule has 0 fully saturated rings. The van der Waals surface area contributed by atoms with Gasteiger partial charge in [0.1, 0.15) is 0 Å². The third-order valence-electron chi connectivity index (χ3n) is 3.59. The summed E-state index contributed by atoms with van der Waals surface area (Å²) in [7, 11) is 0. The number of aliphatic hydroxyl groups is 1. The summed E-state index contributed by atoms with van der Waals surface area (Å²) < 4.78 is 77.7. The highest BCUT2D eigenvalue weighted by atomic mass is 19.4. The van der Waals surface area contributed by atoms with E-state index in [0.717, 1.165) is 6.07 Å². The highest BCUT2D eigenvalue weighted by Crippen LogP contribution is 2.50. The topological polar surface area (TPSA) is 53.1 Å². The van der Waals surface area contributed by atoms with Crippen molar-refractivity contribution in [1.29, 1.82) is 0 Å². The van der Waals surface area contributed by atoms with Gasteiger partial charge in [-0.3, -0.25) is 4.79 Å². The average molecular weight is 339 g/mol. The molecular formula is C14H11F6NO2. The minimum Gasteiger partial charge on any atom is -0.369 e. The lowest BCUT2D eigenvalue weighted by Gasteiger charge is -2.33. The Morgan fingerprint density at radius 3 is 1.91 bits per heavy atom. The maximum atomic E-state index is 13.0. The molecule has 0 aliphatic rings. The second kappa shape index (κ2) is 4.98. The number of aromatic amines is 1. The minimum absolute atomic E-state index is 0.00785. The van der Waals surface area contributed by atoms with E-state index >= 15 is 0 Å². The number of fused-ring (bicyclic) bond motifs is 1. The van der Waals surface area contributed by atoms with Crippen LogP contribution >= 0.6 is 0 Å². The third-order valence-corrected chi connectivity index (χ3v) is 3.59. The van der Waals surface area contributed by atoms with Gasteiger partial charge in [0.05, 0.1) is 5.52 Å². The Bertz CT molecular complexity index is 805. The minimum atomic E-state index is -5.96. The number of aromatic nitrogens is 1. The van der Waals surface area contributed by atoms with E-state index in [4.69, 9.17) is 0 Å². The van der Waals surface area contributed by atoms with Gasteiger partial charge in [-0.25, -0.2) is 0 Å². The molecular weight excluding hydrogens is 328 g/mol. The maximum absolute atomic E-state index is 13.0. The molecule has 2 aromatic rings. The molecule has 0 spiro atoms. The Morgan fingerprint density at radius 1 is 0.913 bits per heavy atom. The molecule has 1 aromatic carbocycles. The second-order valence-corrected chi connectivity index (χ2v) is 5.24. The van der Waals surface area contributed by atoms with Crippen LogP contribution < -0.4 is 5.56 Å². The molecule has 0 saturated carbocycles. The molecule has 3 nitrogen and oxygen atoms in total. The van der Waals surface area contributed by atoms with Crippen LogP contribution in [0.1, 0.15) is 16.7 Å². The maximum Gasteiger partial charge on any atom is 0.430 e. The average Bonchev–Trinajstić information content (AvgIpc) is 2.36. The van der Waals surface area contributed by atoms with E-state index in [0.29, 0.717) is 12.1 Å². The zero-order valence-corrected chi connectivity index (χ0v) is 11.9. The number of aryl methyl sites for hydroxylation is 2. The van der Waals surface area contributed by atoms with Gasteiger partial charge >= 0.3 is 12.4 Å². The van der Waals surface area contributed by atoms with Crippen LogP contribution in [-0.2, 0) is 5.60 Å². The number of rotatable bonds is 1. The first-order chi connectivity index (χ1) is 10.3. The molecule has 23 heavy (non-hydrogen) atoms. The molecule has 0 radical (unpaired) electrons. The molecule has 1 aromatic heterocycles. The summed E-state index contributed by atoms with van der Waals surface area (Å²) in [5.41, 5.74) is -6.59. The van der Waals surface area contributed by atoms with E-state index in [1.54, 1.807) is 0 Å². The molecule has 126 valence electrons. The Balaban J connectivity index is 2.90. The quantitative estimate of drug-likeness (QED) is 0.782. The van der Waals surface area contributed by atoms with Gasteiger partial charge in [-0.05, 0) is 31.0 Å². The van der Waals surface area contributed by atoms with E-state index in [1.165, 1.54) is 13.8 Å². The zero-order valence-electron chi connectivity index (χ0n) is 11.9. The van der Waals surface area contributed by atoms with Crippen molar-refractivity contribution in [3.63, 3.8) is 0 Å². The predicted octanol–water partition coefficient (Wildman–Crippen LogP) is 3.46. The summed E-state index contributed by atoms with van der Waals surface area (Å²) in [4.78, 5) is 13.7. The molecule has 0 amide bonds. The van der Waals surface area contributed by atoms with Crippen LogP contribution in [0.15, 0.2) is 23.0 Å². The Hall–Kier alpha value is -2.03. The Labute approximate surface area is 125 Å². The van der Waals surface area contributed by atoms with Crippen LogP contribution in [0.25, 0.3) is 10.9 Å². The van der Waals surface area contributed by atoms with Gasteiger partial charge in [0.25, 0.3) is 5.60 Å². The van der Waals surface area contributed by atoms with E-state index in [-0.39, 0.29) is 22.0 Å². The predicted molar refractivity (Wildman–Crippen MR) is 70.0 cm³/mol. The van der Waals surface area contributed by atoms with Gasteiger partial charge in [0, 0.05) is 17.0 Å². The summed E-state index contributed by atoms with van der Waals surface area (Å²) in [6.45, 7) is 2.62. The smallest absolute Gasteiger partial charge is 0.369 e. The molecule has 0 bridgehead atoms. The highest BCUT2D eigenvalue weighted by Gasteiger charge is 2.71. The second-order valence-electron chi connectivity index (χ2n) is 5.24. The molecule has 0 atom stereocenters. The highest BCUT2D eigenvalue weighted by molar-refractivity contribution is 5.85. The van der Waals surface area contributed by atoms with E-state index < -0.39 is 29.1 Å². The first kappa shape index (κ1) is 17.3. The Kier molecular flexibility index (Phi) is 3.75. The van der Waals surface area contributed by atoms with Crippen molar-refractivity contribution in [2.45, 2.75) is 31.8 Å². The van der Waals surface area contributed by atoms with Crippen molar-refractivity contribution in [3.8, 4) is 0 Å². The molecule has 2 rings (SSSR count). The van der Waals surface area contributed by atoms with Crippen molar-refractivity contribution in [2.75, 3.05) is 0 Å². The number of alkyl halides is 6. The van der Waals surface area contributed by atoms with Crippen molar-refractivity contribution < 1.29 is 31.4 Å². The molecule has 2 N–H and O–H groups in total. The summed E-state index contributed by atoms with van der Waals surface area (Å²) in [5.74, 6) is 0. The Morgan fingerprint density at radius 2 is 1.43 bits per heavy atom. The monoisotopic (exact) mass is 339 g/mol. The molecule has 0 saturated heterocycles. The number of hydrogen-bond acceptors (Lipinski definition) is 2. The van der Waals surface area contributed by atoms with Gasteiger partial charge in [-0.1, -0.05) is 6.07 Å². The number of H-pyrrole nitrogens is 1. The first-order valence-electron chi connectivity index (χ1n) is 6.29. The van der Waals surface area contributed by atoms with Gasteiger partial charge in [-0.15, -0.1) is 0 Å². The van der Waals surface area contributed by atoms with Crippen LogP contribution in [0.3, 0.4) is 0 Å². The van der Waals surface area contributed by atoms with Gasteiger partial charge in [0.2, 0.25) is 5.56 Å². The van der Waals surface area contributed by atoms with Crippen LogP contribution in [0.4, 0.5) is 26.3 Å². The molecule has 0 unspecified atom stereocenters. The fraction of sp³-hybridized carbons (Fsp3) is 0.357. The fourth-order valence-electron chi connectivity index (χ4n) is 2.39. The lowest BCUT2D eigenvalue weighted by molar-refractivity contribution is -0.376. The lowest BCUT2D eigenvalue weighted by Crippen LogP contribution is -2.54. The number of halogens is 6. The third kappa shape index (κ3) is 2.58. The van der Waals surface area contributed by atoms with Crippen molar-refractivity contribution in [1.82, 2.24) is 4.98 Å². The van der Waals surface area contributed by atoms with E-state index in [1.807, 2.05) is 0 Å². The fourth-order valence-corrected chi connectivity index (χ4v) is 2.39. The van der Waals surface area contributed by atoms with Crippen LogP contribution in [0, 0.1) is 13.8 Å². The number of pyridine rings is 1. The standard InChI is InChI=1S/C14H11F6NO2/c1-6-4-10(22)21-11-7(2)3-8(5-9(6)11)12(23,13(15,16)17)14(18,19)20/h3-5,23H,1-2H3,(H,21,22). The van der Waals surface area contributed by atoms with Crippen molar-refractivity contribution in [3.05, 3.63) is 45.2 Å². The number of nitrogens with one attached hydrogen (secondary N) is 1. The molecule has 1 heterocycles. The molecule has 0 aliphatic carbocycles. The van der Waals surface area contributed by atoms with Crippen LogP contribution in [0.2, 0.25) is 0 Å². The van der Waals surface area contributed by atoms with Crippen LogP contribution in [-0.4, -0.2) is 22.4 Å². The van der Waals surface area contributed by atoms with Crippen molar-refractivity contribution >= 4 is 10.9 Å². The van der Waals surface area contributed by atoms with Gasteiger partial charge in [0.15, 0.2) is 0 Å². The zero-order chi connectivity index (χ0) is 17.8. The normalized spacial score (nSPS) is 13.6. The largest absolute Gasteiger partial charge is 0.430 e. The molecule has 0 aliphatic heterocycles. The number of hydrogen-bond donors (Lipinski definition) is 2. The van der Waals surface area contributed by atoms with Crippen LogP contribution in [0.5, 0.6) is 0 Å². The summed E-state index contributed by atoms with van der Waals surface area (Å²) in [6.07, 6.45) is -11.9. The molecule has 9 heteroatoms. The van der Waals surface area contributed by atoms with Crippen molar-refractivity contribution in [2.24, 2.45) is 0 Å².